The highest BCUT2D eigenvalue weighted by Crippen LogP contribution is 2.37. The second-order valence-corrected chi connectivity index (χ2v) is 9.16. The van der Waals surface area contributed by atoms with Gasteiger partial charge in [0.25, 0.3) is 0 Å². The van der Waals surface area contributed by atoms with E-state index in [2.05, 4.69) is 37.3 Å². The minimum Gasteiger partial charge on any atom is -0.454 e. The van der Waals surface area contributed by atoms with Crippen molar-refractivity contribution >= 4 is 34.3 Å². The van der Waals surface area contributed by atoms with Crippen molar-refractivity contribution in [1.29, 1.82) is 0 Å². The minimum atomic E-state index is -0.549. The fourth-order valence-electron chi connectivity index (χ4n) is 3.80. The molecule has 0 aliphatic heterocycles. The van der Waals surface area contributed by atoms with Gasteiger partial charge in [0.1, 0.15) is 0 Å². The van der Waals surface area contributed by atoms with Crippen molar-refractivity contribution in [2.75, 3.05) is 6.61 Å². The van der Waals surface area contributed by atoms with Crippen LogP contribution in [0.3, 0.4) is 0 Å². The number of esters is 1. The second kappa shape index (κ2) is 8.10. The summed E-state index contributed by atoms with van der Waals surface area (Å²) in [5, 5.41) is 0.769. The molecule has 0 bridgehead atoms. The molecule has 31 heavy (non-hydrogen) atoms. The van der Waals surface area contributed by atoms with Gasteiger partial charge in [-0.3, -0.25) is 4.79 Å². The number of ketones is 1. The number of allylic oxidation sites excluding steroid dienone is 1. The lowest BCUT2D eigenvalue weighted by Crippen LogP contribution is -2.26. The Balaban J connectivity index is 1.75. The minimum absolute atomic E-state index is 0.101. The van der Waals surface area contributed by atoms with E-state index in [1.165, 1.54) is 5.56 Å². The third kappa shape index (κ3) is 4.29. The van der Waals surface area contributed by atoms with Crippen molar-refractivity contribution in [3.63, 3.8) is 0 Å². The SMILES string of the molecule is Cc1ccc(C=C2CCc3c2nc2ccccc2c3C(=O)OCC(=O)C(C)(C)C)cc1. The van der Waals surface area contributed by atoms with E-state index in [-0.39, 0.29) is 12.4 Å². The summed E-state index contributed by atoms with van der Waals surface area (Å²) in [5.41, 5.74) is 5.95. The molecule has 1 aliphatic carbocycles. The number of hydrogen-bond donors (Lipinski definition) is 0. The normalized spacial score (nSPS) is 14.6. The molecule has 1 heterocycles. The molecule has 0 spiro atoms. The van der Waals surface area contributed by atoms with E-state index in [0.29, 0.717) is 5.56 Å². The lowest BCUT2D eigenvalue weighted by molar-refractivity contribution is -0.129. The Morgan fingerprint density at radius 3 is 2.45 bits per heavy atom. The van der Waals surface area contributed by atoms with Gasteiger partial charge >= 0.3 is 5.97 Å². The molecule has 0 unspecified atom stereocenters. The van der Waals surface area contributed by atoms with Gasteiger partial charge in [-0.05, 0) is 48.6 Å². The Morgan fingerprint density at radius 2 is 1.74 bits per heavy atom. The molecule has 4 heteroatoms. The number of rotatable bonds is 4. The summed E-state index contributed by atoms with van der Waals surface area (Å²) in [4.78, 5) is 30.3. The standard InChI is InChI=1S/C27H27NO3/c1-17-9-11-18(12-10-17)15-19-13-14-21-24(26(30)31-16-23(29)27(2,3)4)20-7-5-6-8-22(20)28-25(19)21/h5-12,15H,13-14,16H2,1-4H3. The number of pyridine rings is 1. The average Bonchev–Trinajstić information content (AvgIpc) is 3.13. The molecular formula is C27H27NO3. The first-order chi connectivity index (χ1) is 14.7. The van der Waals surface area contributed by atoms with E-state index in [0.717, 1.165) is 46.1 Å². The van der Waals surface area contributed by atoms with Gasteiger partial charge in [0.05, 0.1) is 16.8 Å². The Bertz CT molecular complexity index is 1200. The van der Waals surface area contributed by atoms with Crippen LogP contribution < -0.4 is 0 Å². The monoisotopic (exact) mass is 413 g/mol. The highest BCUT2D eigenvalue weighted by Gasteiger charge is 2.29. The van der Waals surface area contributed by atoms with E-state index in [1.807, 2.05) is 45.0 Å². The number of carbonyl (C=O) groups excluding carboxylic acids is 2. The molecule has 158 valence electrons. The number of nitrogens with zero attached hydrogens (tertiary/aromatic N) is 1. The largest absolute Gasteiger partial charge is 0.454 e. The fourth-order valence-corrected chi connectivity index (χ4v) is 3.80. The molecule has 0 radical (unpaired) electrons. The number of aromatic nitrogens is 1. The molecule has 0 fully saturated rings. The van der Waals surface area contributed by atoms with Crippen molar-refractivity contribution in [3.05, 3.63) is 76.5 Å². The van der Waals surface area contributed by atoms with E-state index in [4.69, 9.17) is 9.72 Å². The molecule has 3 aromatic rings. The number of para-hydroxylation sites is 1. The Labute approximate surface area is 183 Å². The summed E-state index contributed by atoms with van der Waals surface area (Å²) in [6.07, 6.45) is 3.68. The van der Waals surface area contributed by atoms with Gasteiger partial charge in [-0.25, -0.2) is 9.78 Å². The van der Waals surface area contributed by atoms with Gasteiger partial charge in [-0.1, -0.05) is 68.8 Å². The first kappa shape index (κ1) is 21.0. The number of hydrogen-bond acceptors (Lipinski definition) is 4. The van der Waals surface area contributed by atoms with E-state index in [1.54, 1.807) is 0 Å². The lowest BCUT2D eigenvalue weighted by atomic mass is 9.91. The van der Waals surface area contributed by atoms with Crippen LogP contribution >= 0.6 is 0 Å². The highest BCUT2D eigenvalue weighted by atomic mass is 16.5. The van der Waals surface area contributed by atoms with E-state index >= 15 is 0 Å². The maximum Gasteiger partial charge on any atom is 0.339 e. The smallest absolute Gasteiger partial charge is 0.339 e. The number of fused-ring (bicyclic) bond motifs is 2. The number of benzene rings is 2. The van der Waals surface area contributed by atoms with Gasteiger partial charge in [0.15, 0.2) is 12.4 Å². The molecule has 1 aromatic heterocycles. The molecule has 0 N–H and O–H groups in total. The van der Waals surface area contributed by atoms with Crippen LogP contribution in [-0.2, 0) is 16.0 Å². The van der Waals surface area contributed by atoms with Crippen LogP contribution in [0.2, 0.25) is 0 Å². The summed E-state index contributed by atoms with van der Waals surface area (Å²) in [6, 6.07) is 16.0. The predicted octanol–water partition coefficient (Wildman–Crippen LogP) is 5.80. The fraction of sp³-hybridized carbons (Fsp3) is 0.296. The van der Waals surface area contributed by atoms with Gasteiger partial charge in [0.2, 0.25) is 0 Å². The van der Waals surface area contributed by atoms with Crippen molar-refractivity contribution < 1.29 is 14.3 Å². The maximum absolute atomic E-state index is 13.1. The molecule has 4 nitrogen and oxygen atoms in total. The molecule has 0 saturated heterocycles. The van der Waals surface area contributed by atoms with Gasteiger partial charge in [0, 0.05) is 10.8 Å². The predicted molar refractivity (Wildman–Crippen MR) is 124 cm³/mol. The molecular weight excluding hydrogens is 386 g/mol. The summed E-state index contributed by atoms with van der Waals surface area (Å²) in [7, 11) is 0. The molecule has 0 amide bonds. The summed E-state index contributed by atoms with van der Waals surface area (Å²) >= 11 is 0. The number of carbonyl (C=O) groups is 2. The van der Waals surface area contributed by atoms with Crippen molar-refractivity contribution in [2.45, 2.75) is 40.5 Å². The van der Waals surface area contributed by atoms with Crippen LogP contribution in [0.15, 0.2) is 48.5 Å². The Kier molecular flexibility index (Phi) is 5.48. The van der Waals surface area contributed by atoms with Gasteiger partial charge < -0.3 is 4.74 Å². The van der Waals surface area contributed by atoms with E-state index in [9.17, 15) is 9.59 Å². The topological polar surface area (TPSA) is 56.3 Å². The molecule has 4 rings (SSSR count). The average molecular weight is 414 g/mol. The van der Waals surface area contributed by atoms with Crippen molar-refractivity contribution in [3.8, 4) is 0 Å². The number of Topliss-reactive ketones (excluding diaryl/α,β-unsaturated/α-hetero) is 1. The molecule has 0 saturated carbocycles. The van der Waals surface area contributed by atoms with Crippen molar-refractivity contribution in [1.82, 2.24) is 4.98 Å². The Morgan fingerprint density at radius 1 is 1.03 bits per heavy atom. The first-order valence-electron chi connectivity index (χ1n) is 10.6. The highest BCUT2D eigenvalue weighted by molar-refractivity contribution is 6.07. The van der Waals surface area contributed by atoms with Crippen LogP contribution in [0.5, 0.6) is 0 Å². The third-order valence-electron chi connectivity index (χ3n) is 5.74. The maximum atomic E-state index is 13.1. The van der Waals surface area contributed by atoms with Gasteiger partial charge in [-0.2, -0.15) is 0 Å². The number of aryl methyl sites for hydroxylation is 1. The van der Waals surface area contributed by atoms with Gasteiger partial charge in [-0.15, -0.1) is 0 Å². The van der Waals surface area contributed by atoms with Crippen LogP contribution in [0.25, 0.3) is 22.6 Å². The first-order valence-corrected chi connectivity index (χ1v) is 10.6. The quantitative estimate of drug-likeness (QED) is 0.507. The van der Waals surface area contributed by atoms with Crippen molar-refractivity contribution in [2.24, 2.45) is 5.41 Å². The zero-order valence-corrected chi connectivity index (χ0v) is 18.5. The molecule has 0 atom stereocenters. The summed E-state index contributed by atoms with van der Waals surface area (Å²) in [5.74, 6) is -0.556. The second-order valence-electron chi connectivity index (χ2n) is 9.16. The van der Waals surface area contributed by atoms with Crippen LogP contribution in [-0.4, -0.2) is 23.3 Å². The lowest BCUT2D eigenvalue weighted by Gasteiger charge is -2.17. The van der Waals surface area contributed by atoms with Crippen LogP contribution in [0.1, 0.15) is 59.9 Å². The number of ether oxygens (including phenoxy) is 1. The van der Waals surface area contributed by atoms with E-state index < -0.39 is 11.4 Å². The zero-order chi connectivity index (χ0) is 22.2. The molecule has 1 aliphatic rings. The van der Waals surface area contributed by atoms with Crippen LogP contribution in [0.4, 0.5) is 0 Å². The third-order valence-corrected chi connectivity index (χ3v) is 5.74. The molecule has 2 aromatic carbocycles. The summed E-state index contributed by atoms with van der Waals surface area (Å²) < 4.78 is 5.48. The zero-order valence-electron chi connectivity index (χ0n) is 18.5. The summed E-state index contributed by atoms with van der Waals surface area (Å²) in [6.45, 7) is 7.32. The Hall–Kier alpha value is -3.27. The van der Waals surface area contributed by atoms with Crippen LogP contribution in [0, 0.1) is 12.3 Å².